The van der Waals surface area contributed by atoms with Crippen molar-refractivity contribution in [3.05, 3.63) is 30.1 Å². The summed E-state index contributed by atoms with van der Waals surface area (Å²) in [7, 11) is 0. The molecule has 0 fully saturated rings. The van der Waals surface area contributed by atoms with Crippen LogP contribution >= 0.6 is 0 Å². The quantitative estimate of drug-likeness (QED) is 0.733. The summed E-state index contributed by atoms with van der Waals surface area (Å²) >= 11 is 0. The van der Waals surface area contributed by atoms with Gasteiger partial charge in [0, 0.05) is 6.20 Å². The van der Waals surface area contributed by atoms with E-state index in [4.69, 9.17) is 5.73 Å². The zero-order chi connectivity index (χ0) is 11.3. The molecule has 1 atom stereocenters. The van der Waals surface area contributed by atoms with Crippen LogP contribution in [0.5, 0.6) is 0 Å². The molecule has 3 N–H and O–H groups in total. The molecule has 5 nitrogen and oxygen atoms in total. The molecule has 0 aliphatic heterocycles. The lowest BCUT2D eigenvalue weighted by Crippen LogP contribution is -2.44. The van der Waals surface area contributed by atoms with E-state index in [1.807, 2.05) is 0 Å². The summed E-state index contributed by atoms with van der Waals surface area (Å²) in [5.74, 6) is -0.928. The molecular weight excluding hydrogens is 194 g/mol. The van der Waals surface area contributed by atoms with Crippen molar-refractivity contribution in [2.24, 2.45) is 5.73 Å². The Balaban J connectivity index is 2.67. The van der Waals surface area contributed by atoms with E-state index >= 15 is 0 Å². The van der Waals surface area contributed by atoms with E-state index in [2.05, 4.69) is 10.3 Å². The highest BCUT2D eigenvalue weighted by Crippen LogP contribution is 1.96. The molecule has 80 valence electrons. The number of carbonyl (C=O) groups is 2. The lowest BCUT2D eigenvalue weighted by molar-refractivity contribution is -0.119. The Hall–Kier alpha value is -1.91. The first kappa shape index (κ1) is 11.2. The van der Waals surface area contributed by atoms with Crippen LogP contribution in [-0.4, -0.2) is 22.8 Å². The van der Waals surface area contributed by atoms with Gasteiger partial charge >= 0.3 is 0 Å². The summed E-state index contributed by atoms with van der Waals surface area (Å²) in [6, 6.07) is 4.35. The number of nitrogens with two attached hydrogens (primary N) is 1. The van der Waals surface area contributed by atoms with Crippen molar-refractivity contribution in [3.63, 3.8) is 0 Å². The standard InChI is InChI=1S/C10H13N3O2/c1-2-7(9(11)14)13-10(15)8-5-3-4-6-12-8/h3-7H,2H2,1H3,(H2,11,14)(H,13,15)/t7-/m1/s1. The molecule has 0 saturated carbocycles. The predicted molar refractivity (Wildman–Crippen MR) is 55.0 cm³/mol. The van der Waals surface area contributed by atoms with E-state index in [-0.39, 0.29) is 11.6 Å². The monoisotopic (exact) mass is 207 g/mol. The Kier molecular flexibility index (Phi) is 3.79. The molecule has 5 heteroatoms. The van der Waals surface area contributed by atoms with Gasteiger partial charge < -0.3 is 11.1 Å². The van der Waals surface area contributed by atoms with Gasteiger partial charge in [-0.25, -0.2) is 0 Å². The molecule has 0 aliphatic carbocycles. The molecule has 0 spiro atoms. The van der Waals surface area contributed by atoms with E-state index in [0.717, 1.165) is 0 Å². The molecule has 1 heterocycles. The minimum absolute atomic E-state index is 0.275. The average molecular weight is 207 g/mol. The van der Waals surface area contributed by atoms with Gasteiger partial charge in [-0.05, 0) is 18.6 Å². The highest BCUT2D eigenvalue weighted by atomic mass is 16.2. The summed E-state index contributed by atoms with van der Waals surface area (Å²) in [5.41, 5.74) is 5.37. The first-order valence-electron chi connectivity index (χ1n) is 4.66. The second kappa shape index (κ2) is 5.09. The zero-order valence-corrected chi connectivity index (χ0v) is 8.43. The average Bonchev–Trinajstić information content (AvgIpc) is 2.26. The molecular formula is C10H13N3O2. The summed E-state index contributed by atoms with van der Waals surface area (Å²) in [5, 5.41) is 2.51. The Bertz CT molecular complexity index is 351. The Morgan fingerprint density at radius 3 is 2.73 bits per heavy atom. The van der Waals surface area contributed by atoms with Crippen LogP contribution in [0.2, 0.25) is 0 Å². The minimum Gasteiger partial charge on any atom is -0.368 e. The van der Waals surface area contributed by atoms with Gasteiger partial charge in [-0.1, -0.05) is 13.0 Å². The molecule has 0 aromatic carbocycles. The second-order valence-electron chi connectivity index (χ2n) is 3.05. The number of pyridine rings is 1. The van der Waals surface area contributed by atoms with Crippen molar-refractivity contribution in [1.82, 2.24) is 10.3 Å². The van der Waals surface area contributed by atoms with Gasteiger partial charge in [0.1, 0.15) is 11.7 Å². The van der Waals surface area contributed by atoms with Crippen LogP contribution in [0.4, 0.5) is 0 Å². The third-order valence-corrected chi connectivity index (χ3v) is 1.95. The van der Waals surface area contributed by atoms with Crippen LogP contribution in [0.25, 0.3) is 0 Å². The van der Waals surface area contributed by atoms with Gasteiger partial charge in [-0.3, -0.25) is 14.6 Å². The third kappa shape index (κ3) is 3.05. The Morgan fingerprint density at radius 1 is 1.53 bits per heavy atom. The molecule has 0 bridgehead atoms. The number of carbonyl (C=O) groups excluding carboxylic acids is 2. The second-order valence-corrected chi connectivity index (χ2v) is 3.05. The minimum atomic E-state index is -0.639. The molecule has 0 unspecified atom stereocenters. The number of hydrogen-bond acceptors (Lipinski definition) is 3. The van der Waals surface area contributed by atoms with E-state index in [0.29, 0.717) is 6.42 Å². The number of primary amides is 1. The Morgan fingerprint density at radius 2 is 2.27 bits per heavy atom. The lowest BCUT2D eigenvalue weighted by atomic mass is 10.2. The lowest BCUT2D eigenvalue weighted by Gasteiger charge is -2.12. The maximum Gasteiger partial charge on any atom is 0.270 e. The largest absolute Gasteiger partial charge is 0.368 e. The van der Waals surface area contributed by atoms with Crippen molar-refractivity contribution in [2.75, 3.05) is 0 Å². The Labute approximate surface area is 87.7 Å². The molecule has 1 aromatic rings. The van der Waals surface area contributed by atoms with Crippen molar-refractivity contribution >= 4 is 11.8 Å². The molecule has 0 radical (unpaired) electrons. The van der Waals surface area contributed by atoms with Gasteiger partial charge in [-0.2, -0.15) is 0 Å². The van der Waals surface area contributed by atoms with Crippen molar-refractivity contribution in [2.45, 2.75) is 19.4 Å². The molecule has 1 rings (SSSR count). The predicted octanol–water partition coefficient (Wildman–Crippen LogP) is 0.0753. The summed E-state index contributed by atoms with van der Waals surface area (Å²) in [6.45, 7) is 1.77. The number of aromatic nitrogens is 1. The zero-order valence-electron chi connectivity index (χ0n) is 8.43. The molecule has 0 aliphatic rings. The topological polar surface area (TPSA) is 85.1 Å². The van der Waals surface area contributed by atoms with Gasteiger partial charge in [0.05, 0.1) is 0 Å². The smallest absolute Gasteiger partial charge is 0.270 e. The fraction of sp³-hybridized carbons (Fsp3) is 0.300. The number of rotatable bonds is 4. The maximum absolute atomic E-state index is 11.5. The highest BCUT2D eigenvalue weighted by Gasteiger charge is 2.16. The van der Waals surface area contributed by atoms with Crippen LogP contribution in [0.1, 0.15) is 23.8 Å². The summed E-state index contributed by atoms with van der Waals surface area (Å²) < 4.78 is 0. The highest BCUT2D eigenvalue weighted by molar-refractivity contribution is 5.95. The molecule has 0 saturated heterocycles. The van der Waals surface area contributed by atoms with Gasteiger partial charge in [-0.15, -0.1) is 0 Å². The number of nitrogens with one attached hydrogen (secondary N) is 1. The van der Waals surface area contributed by atoms with Crippen LogP contribution in [-0.2, 0) is 4.79 Å². The SMILES string of the molecule is CC[C@@H](NC(=O)c1ccccn1)C(N)=O. The molecule has 2 amide bonds. The van der Waals surface area contributed by atoms with Crippen molar-refractivity contribution in [1.29, 1.82) is 0 Å². The number of amides is 2. The van der Waals surface area contributed by atoms with E-state index in [9.17, 15) is 9.59 Å². The van der Waals surface area contributed by atoms with Gasteiger partial charge in [0.2, 0.25) is 5.91 Å². The van der Waals surface area contributed by atoms with Crippen molar-refractivity contribution in [3.8, 4) is 0 Å². The van der Waals surface area contributed by atoms with E-state index in [1.165, 1.54) is 6.20 Å². The first-order valence-corrected chi connectivity index (χ1v) is 4.66. The number of nitrogens with zero attached hydrogens (tertiary/aromatic N) is 1. The summed E-state index contributed by atoms with van der Waals surface area (Å²) in [6.07, 6.45) is 1.98. The van der Waals surface area contributed by atoms with Crippen LogP contribution < -0.4 is 11.1 Å². The van der Waals surface area contributed by atoms with Crippen molar-refractivity contribution < 1.29 is 9.59 Å². The maximum atomic E-state index is 11.5. The normalized spacial score (nSPS) is 11.8. The van der Waals surface area contributed by atoms with E-state index < -0.39 is 11.9 Å². The molecule has 1 aromatic heterocycles. The van der Waals surface area contributed by atoms with Crippen LogP contribution in [0.15, 0.2) is 24.4 Å². The van der Waals surface area contributed by atoms with Crippen LogP contribution in [0, 0.1) is 0 Å². The van der Waals surface area contributed by atoms with Gasteiger partial charge in [0.25, 0.3) is 5.91 Å². The fourth-order valence-corrected chi connectivity index (χ4v) is 1.10. The first-order chi connectivity index (χ1) is 7.15. The van der Waals surface area contributed by atoms with Gasteiger partial charge in [0.15, 0.2) is 0 Å². The van der Waals surface area contributed by atoms with E-state index in [1.54, 1.807) is 25.1 Å². The fourth-order valence-electron chi connectivity index (χ4n) is 1.10. The molecule has 15 heavy (non-hydrogen) atoms. The number of hydrogen-bond donors (Lipinski definition) is 2. The summed E-state index contributed by atoms with van der Waals surface area (Å²) in [4.78, 5) is 26.3. The van der Waals surface area contributed by atoms with Crippen LogP contribution in [0.3, 0.4) is 0 Å². The third-order valence-electron chi connectivity index (χ3n) is 1.95.